The number of rotatable bonds is 4. The molecular weight excluding hydrogens is 403 g/mol. The van der Waals surface area contributed by atoms with Gasteiger partial charge in [0.25, 0.3) is 5.91 Å². The number of hydrogen-bond acceptors (Lipinski definition) is 2. The molecule has 0 bridgehead atoms. The Morgan fingerprint density at radius 1 is 1.03 bits per heavy atom. The summed E-state index contributed by atoms with van der Waals surface area (Å²) in [5.41, 5.74) is 4.37. The average Bonchev–Trinajstić information content (AvgIpc) is 3.15. The van der Waals surface area contributed by atoms with Gasteiger partial charge in [-0.25, -0.2) is 13.2 Å². The number of fused-ring (bicyclic) bond motifs is 1. The van der Waals surface area contributed by atoms with Crippen LogP contribution in [-0.4, -0.2) is 16.2 Å². The Hall–Kier alpha value is -3.35. The van der Waals surface area contributed by atoms with Crippen LogP contribution in [0.5, 0.6) is 0 Å². The van der Waals surface area contributed by atoms with Gasteiger partial charge in [0.05, 0.1) is 16.8 Å². The molecule has 0 atom stereocenters. The van der Waals surface area contributed by atoms with Crippen molar-refractivity contribution in [3.8, 4) is 0 Å². The number of benzene rings is 2. The molecule has 0 spiro atoms. The lowest BCUT2D eigenvalue weighted by Crippen LogP contribution is -2.22. The first-order chi connectivity index (χ1) is 14.7. The van der Waals surface area contributed by atoms with Crippen molar-refractivity contribution in [3.63, 3.8) is 0 Å². The molecule has 2 heterocycles. The van der Waals surface area contributed by atoms with Gasteiger partial charge in [-0.05, 0) is 38.8 Å². The van der Waals surface area contributed by atoms with Crippen molar-refractivity contribution in [3.05, 3.63) is 70.2 Å². The predicted molar refractivity (Wildman–Crippen MR) is 117 cm³/mol. The van der Waals surface area contributed by atoms with Gasteiger partial charge in [0.15, 0.2) is 17.5 Å². The second-order valence-corrected chi connectivity index (χ2v) is 7.70. The summed E-state index contributed by atoms with van der Waals surface area (Å²) in [6.45, 7) is 8.62. The van der Waals surface area contributed by atoms with Crippen molar-refractivity contribution in [2.45, 2.75) is 40.7 Å². The zero-order valence-electron chi connectivity index (χ0n) is 17.8. The standard InChI is InChI=1S/C24H22F3N3O/c1-5-9-29-15(4)18(16-8-6-7-13(2)23(16)29)10-17-14(3)28-30(24(17)31)22-12-20(26)19(25)11-21(22)27/h6-8,10-12H,5,9H2,1-4H3/b17-10+. The lowest BCUT2D eigenvalue weighted by molar-refractivity contribution is -0.114. The van der Waals surface area contributed by atoms with E-state index in [0.29, 0.717) is 17.8 Å². The van der Waals surface area contributed by atoms with Crippen LogP contribution in [0.1, 0.15) is 37.1 Å². The molecule has 2 aromatic carbocycles. The summed E-state index contributed by atoms with van der Waals surface area (Å²) in [6.07, 6.45) is 2.71. The number of carbonyl (C=O) groups excluding carboxylic acids is 1. The van der Waals surface area contributed by atoms with E-state index in [9.17, 15) is 18.0 Å². The van der Waals surface area contributed by atoms with Crippen LogP contribution in [0.4, 0.5) is 18.9 Å². The minimum atomic E-state index is -1.32. The van der Waals surface area contributed by atoms with E-state index < -0.39 is 29.0 Å². The highest BCUT2D eigenvalue weighted by Crippen LogP contribution is 2.33. The highest BCUT2D eigenvalue weighted by atomic mass is 19.2. The fourth-order valence-electron chi connectivity index (χ4n) is 4.09. The summed E-state index contributed by atoms with van der Waals surface area (Å²) < 4.78 is 43.5. The summed E-state index contributed by atoms with van der Waals surface area (Å²) in [4.78, 5) is 13.1. The van der Waals surface area contributed by atoms with Gasteiger partial charge in [-0.15, -0.1) is 0 Å². The molecule has 1 aromatic heterocycles. The normalized spacial score (nSPS) is 15.5. The molecule has 0 N–H and O–H groups in total. The summed E-state index contributed by atoms with van der Waals surface area (Å²) in [5, 5.41) is 5.91. The van der Waals surface area contributed by atoms with Gasteiger partial charge in [0.1, 0.15) is 5.69 Å². The van der Waals surface area contributed by atoms with Crippen molar-refractivity contribution < 1.29 is 18.0 Å². The first-order valence-electron chi connectivity index (χ1n) is 10.1. The van der Waals surface area contributed by atoms with Crippen LogP contribution in [0, 0.1) is 31.3 Å². The number of para-hydroxylation sites is 1. The number of carbonyl (C=O) groups is 1. The maximum absolute atomic E-state index is 14.2. The molecule has 0 fully saturated rings. The topological polar surface area (TPSA) is 37.6 Å². The molecule has 0 aliphatic carbocycles. The number of nitrogens with zero attached hydrogens (tertiary/aromatic N) is 3. The molecule has 1 aliphatic heterocycles. The van der Waals surface area contributed by atoms with E-state index in [-0.39, 0.29) is 5.57 Å². The number of anilines is 1. The summed E-state index contributed by atoms with van der Waals surface area (Å²) >= 11 is 0. The molecule has 160 valence electrons. The minimum absolute atomic E-state index is 0.282. The number of hydrazone groups is 1. The Morgan fingerprint density at radius 2 is 1.74 bits per heavy atom. The molecule has 0 radical (unpaired) electrons. The van der Waals surface area contributed by atoms with Gasteiger partial charge in [0, 0.05) is 35.3 Å². The van der Waals surface area contributed by atoms with Crippen LogP contribution in [0.25, 0.3) is 17.0 Å². The summed E-state index contributed by atoms with van der Waals surface area (Å²) in [6, 6.07) is 7.08. The second kappa shape index (κ2) is 7.72. The van der Waals surface area contributed by atoms with Crippen molar-refractivity contribution in [2.75, 3.05) is 5.01 Å². The van der Waals surface area contributed by atoms with Crippen molar-refractivity contribution in [2.24, 2.45) is 5.10 Å². The average molecular weight is 425 g/mol. The highest BCUT2D eigenvalue weighted by Gasteiger charge is 2.32. The number of halogens is 3. The minimum Gasteiger partial charge on any atom is -0.344 e. The third-order valence-electron chi connectivity index (χ3n) is 5.61. The first-order valence-corrected chi connectivity index (χ1v) is 10.1. The Kier molecular flexibility index (Phi) is 5.21. The van der Waals surface area contributed by atoms with Crippen molar-refractivity contribution in [1.82, 2.24) is 4.57 Å². The van der Waals surface area contributed by atoms with Gasteiger partial charge in [0.2, 0.25) is 0 Å². The molecular formula is C24H22F3N3O. The SMILES string of the molecule is CCCn1c(C)c(/C=C2/C(=O)N(c3cc(F)c(F)cc3F)N=C2C)c2cccc(C)c21. The van der Waals surface area contributed by atoms with Gasteiger partial charge < -0.3 is 4.57 Å². The van der Waals surface area contributed by atoms with Gasteiger partial charge in [-0.3, -0.25) is 4.79 Å². The zero-order valence-corrected chi connectivity index (χ0v) is 17.8. The monoisotopic (exact) mass is 425 g/mol. The molecule has 0 unspecified atom stereocenters. The van der Waals surface area contributed by atoms with E-state index in [4.69, 9.17) is 0 Å². The number of aryl methyl sites for hydroxylation is 2. The third kappa shape index (κ3) is 3.34. The molecule has 31 heavy (non-hydrogen) atoms. The zero-order chi connectivity index (χ0) is 22.4. The molecule has 1 aliphatic rings. The van der Waals surface area contributed by atoms with E-state index in [1.54, 1.807) is 13.0 Å². The molecule has 4 rings (SSSR count). The maximum atomic E-state index is 14.2. The fraction of sp³-hybridized carbons (Fsp3) is 0.250. The lowest BCUT2D eigenvalue weighted by Gasteiger charge is -2.13. The van der Waals surface area contributed by atoms with Crippen molar-refractivity contribution >= 4 is 34.3 Å². The van der Waals surface area contributed by atoms with E-state index >= 15 is 0 Å². The third-order valence-corrected chi connectivity index (χ3v) is 5.61. The molecule has 4 nitrogen and oxygen atoms in total. The Balaban J connectivity index is 1.84. The maximum Gasteiger partial charge on any atom is 0.280 e. The van der Waals surface area contributed by atoms with Gasteiger partial charge in [-0.2, -0.15) is 10.1 Å². The van der Waals surface area contributed by atoms with Gasteiger partial charge in [-0.1, -0.05) is 25.1 Å². The van der Waals surface area contributed by atoms with E-state index in [1.165, 1.54) is 0 Å². The number of amides is 1. The second-order valence-electron chi connectivity index (χ2n) is 7.70. The lowest BCUT2D eigenvalue weighted by atomic mass is 10.0. The smallest absolute Gasteiger partial charge is 0.280 e. The van der Waals surface area contributed by atoms with Crippen LogP contribution < -0.4 is 5.01 Å². The van der Waals surface area contributed by atoms with E-state index in [2.05, 4.69) is 16.6 Å². The molecule has 7 heteroatoms. The molecule has 1 amide bonds. The van der Waals surface area contributed by atoms with Crippen LogP contribution in [0.3, 0.4) is 0 Å². The van der Waals surface area contributed by atoms with Crippen molar-refractivity contribution in [1.29, 1.82) is 0 Å². The largest absolute Gasteiger partial charge is 0.344 e. The summed E-state index contributed by atoms with van der Waals surface area (Å²) in [5.74, 6) is -4.22. The summed E-state index contributed by atoms with van der Waals surface area (Å²) in [7, 11) is 0. The van der Waals surface area contributed by atoms with E-state index in [0.717, 1.165) is 45.7 Å². The van der Waals surface area contributed by atoms with Crippen LogP contribution in [0.2, 0.25) is 0 Å². The van der Waals surface area contributed by atoms with Crippen LogP contribution in [-0.2, 0) is 11.3 Å². The van der Waals surface area contributed by atoms with Crippen LogP contribution in [0.15, 0.2) is 41.0 Å². The molecule has 3 aromatic rings. The Morgan fingerprint density at radius 3 is 2.45 bits per heavy atom. The highest BCUT2D eigenvalue weighted by molar-refractivity contribution is 6.32. The quantitative estimate of drug-likeness (QED) is 0.379. The Bertz CT molecular complexity index is 1290. The Labute approximate surface area is 178 Å². The first kappa shape index (κ1) is 20.9. The predicted octanol–water partition coefficient (Wildman–Crippen LogP) is 5.89. The fourth-order valence-corrected chi connectivity index (χ4v) is 4.09. The molecule has 0 saturated carbocycles. The van der Waals surface area contributed by atoms with E-state index in [1.807, 2.05) is 32.0 Å². The number of aromatic nitrogens is 1. The number of hydrogen-bond donors (Lipinski definition) is 0. The van der Waals surface area contributed by atoms with Gasteiger partial charge >= 0.3 is 0 Å². The molecule has 0 saturated heterocycles. The van der Waals surface area contributed by atoms with Crippen LogP contribution >= 0.6 is 0 Å².